The van der Waals surface area contributed by atoms with Gasteiger partial charge < -0.3 is 0 Å². The van der Waals surface area contributed by atoms with Crippen LogP contribution in [0.15, 0.2) is 88.9 Å². The number of rotatable bonds is 4. The van der Waals surface area contributed by atoms with Gasteiger partial charge in [0.1, 0.15) is 0 Å². The number of aromatic nitrogens is 1. The summed E-state index contributed by atoms with van der Waals surface area (Å²) in [4.78, 5) is 17.9. The van der Waals surface area contributed by atoms with Gasteiger partial charge in [0, 0.05) is 38.7 Å². The maximum atomic E-state index is 11.5. The second-order valence-corrected chi connectivity index (χ2v) is 7.49. The number of benzene rings is 3. The van der Waals surface area contributed by atoms with E-state index in [1.807, 2.05) is 72.9 Å². The molecule has 0 N–H and O–H groups in total. The van der Waals surface area contributed by atoms with Crippen molar-refractivity contribution in [2.75, 3.05) is 0 Å². The molecule has 0 atom stereocenters. The molecule has 0 bridgehead atoms. The second-order valence-electron chi connectivity index (χ2n) is 6.37. The third-order valence-electron chi connectivity index (χ3n) is 4.60. The molecule has 0 unspecified atom stereocenters. The maximum Gasteiger partial charge on any atom is 0.159 e. The second kappa shape index (κ2) is 7.67. The first-order valence-electron chi connectivity index (χ1n) is 8.82. The Morgan fingerprint density at radius 1 is 0.929 bits per heavy atom. The average molecular weight is 380 g/mol. The van der Waals surface area contributed by atoms with Gasteiger partial charge >= 0.3 is 0 Å². The van der Waals surface area contributed by atoms with Crippen LogP contribution in [0.5, 0.6) is 0 Å². The van der Waals surface area contributed by atoms with Gasteiger partial charge in [-0.1, -0.05) is 54.2 Å². The van der Waals surface area contributed by atoms with Gasteiger partial charge in [-0.15, -0.1) is 0 Å². The summed E-state index contributed by atoms with van der Waals surface area (Å²) in [5.41, 5.74) is 3.43. The molecule has 4 heteroatoms. The fourth-order valence-electron chi connectivity index (χ4n) is 3.19. The Labute approximate surface area is 167 Å². The lowest BCUT2D eigenvalue weighted by Gasteiger charge is -2.12. The van der Waals surface area contributed by atoms with E-state index in [0.29, 0.717) is 11.1 Å². The summed E-state index contributed by atoms with van der Waals surface area (Å²) in [6.45, 7) is 1.57. The Kier molecular flexibility index (Phi) is 4.92. The van der Waals surface area contributed by atoms with Crippen molar-refractivity contribution in [3.8, 4) is 17.2 Å². The van der Waals surface area contributed by atoms with Crippen molar-refractivity contribution >= 4 is 28.3 Å². The standard InChI is InChI=1S/C24H16N2OS/c1-16(27)17-6-9-19(10-7-17)28-24-12-13-26-15-23(24)22-11-8-18(14-25)20-4-2-3-5-21(20)22/h2-13,15H,1H3. The number of fused-ring (bicyclic) bond motifs is 1. The Morgan fingerprint density at radius 2 is 1.68 bits per heavy atom. The number of nitrogens with zero attached hydrogens (tertiary/aromatic N) is 2. The van der Waals surface area contributed by atoms with E-state index in [2.05, 4.69) is 11.1 Å². The van der Waals surface area contributed by atoms with Crippen molar-refractivity contribution < 1.29 is 4.79 Å². The highest BCUT2D eigenvalue weighted by molar-refractivity contribution is 7.99. The first-order chi connectivity index (χ1) is 13.7. The zero-order chi connectivity index (χ0) is 19.5. The van der Waals surface area contributed by atoms with Gasteiger partial charge in [0.2, 0.25) is 0 Å². The molecule has 1 heterocycles. The number of hydrogen-bond acceptors (Lipinski definition) is 4. The lowest BCUT2D eigenvalue weighted by molar-refractivity contribution is 0.101. The molecule has 3 nitrogen and oxygen atoms in total. The topological polar surface area (TPSA) is 53.8 Å². The molecule has 0 aliphatic heterocycles. The molecule has 4 aromatic rings. The summed E-state index contributed by atoms with van der Waals surface area (Å²) in [5.74, 6) is 0.0604. The van der Waals surface area contributed by atoms with E-state index in [9.17, 15) is 10.1 Å². The van der Waals surface area contributed by atoms with Crippen LogP contribution in [0, 0.1) is 11.3 Å². The summed E-state index contributed by atoms with van der Waals surface area (Å²) in [6, 6.07) is 23.7. The van der Waals surface area contributed by atoms with E-state index in [0.717, 1.165) is 31.7 Å². The zero-order valence-electron chi connectivity index (χ0n) is 15.2. The highest BCUT2D eigenvalue weighted by Gasteiger charge is 2.12. The van der Waals surface area contributed by atoms with E-state index in [1.54, 1.807) is 24.9 Å². The third kappa shape index (κ3) is 3.40. The van der Waals surface area contributed by atoms with Crippen molar-refractivity contribution in [3.05, 3.63) is 90.3 Å². The highest BCUT2D eigenvalue weighted by atomic mass is 32.2. The van der Waals surface area contributed by atoms with Crippen LogP contribution in [0.4, 0.5) is 0 Å². The molecule has 0 saturated heterocycles. The lowest BCUT2D eigenvalue weighted by atomic mass is 9.96. The maximum absolute atomic E-state index is 11.5. The van der Waals surface area contributed by atoms with Crippen LogP contribution in [-0.4, -0.2) is 10.8 Å². The third-order valence-corrected chi connectivity index (χ3v) is 5.69. The normalized spacial score (nSPS) is 10.6. The van der Waals surface area contributed by atoms with E-state index in [1.165, 1.54) is 0 Å². The molecule has 1 aromatic heterocycles. The number of hydrogen-bond donors (Lipinski definition) is 0. The predicted octanol–water partition coefficient (Wildman–Crippen LogP) is 6.13. The summed E-state index contributed by atoms with van der Waals surface area (Å²) >= 11 is 1.63. The van der Waals surface area contributed by atoms with Gasteiger partial charge in [0.05, 0.1) is 11.6 Å². The van der Waals surface area contributed by atoms with Crippen molar-refractivity contribution in [3.63, 3.8) is 0 Å². The molecular formula is C24H16N2OS. The van der Waals surface area contributed by atoms with Crippen molar-refractivity contribution in [1.29, 1.82) is 5.26 Å². The molecule has 0 aliphatic carbocycles. The molecule has 134 valence electrons. The molecule has 0 amide bonds. The molecule has 0 saturated carbocycles. The fraction of sp³-hybridized carbons (Fsp3) is 0.0417. The summed E-state index contributed by atoms with van der Waals surface area (Å²) in [5, 5.41) is 11.4. The number of Topliss-reactive ketones (excluding diaryl/α,β-unsaturated/α-hetero) is 1. The Bertz CT molecular complexity index is 1220. The predicted molar refractivity (Wildman–Crippen MR) is 112 cm³/mol. The monoisotopic (exact) mass is 380 g/mol. The largest absolute Gasteiger partial charge is 0.295 e. The minimum Gasteiger partial charge on any atom is -0.295 e. The molecule has 4 rings (SSSR count). The van der Waals surface area contributed by atoms with Gasteiger partial charge in [-0.2, -0.15) is 5.26 Å². The lowest BCUT2D eigenvalue weighted by Crippen LogP contribution is -1.91. The minimum absolute atomic E-state index is 0.0604. The molecular weight excluding hydrogens is 364 g/mol. The van der Waals surface area contributed by atoms with E-state index >= 15 is 0 Å². The van der Waals surface area contributed by atoms with Crippen LogP contribution in [-0.2, 0) is 0 Å². The molecule has 0 fully saturated rings. The van der Waals surface area contributed by atoms with Crippen molar-refractivity contribution in [1.82, 2.24) is 4.98 Å². The van der Waals surface area contributed by atoms with E-state index < -0.39 is 0 Å². The first-order valence-corrected chi connectivity index (χ1v) is 9.64. The molecule has 0 radical (unpaired) electrons. The number of carbonyl (C=O) groups is 1. The zero-order valence-corrected chi connectivity index (χ0v) is 16.0. The van der Waals surface area contributed by atoms with Crippen molar-refractivity contribution in [2.45, 2.75) is 16.7 Å². The van der Waals surface area contributed by atoms with Gasteiger partial charge in [-0.05, 0) is 42.1 Å². The van der Waals surface area contributed by atoms with Crippen LogP contribution in [0.1, 0.15) is 22.8 Å². The molecule has 0 aliphatic rings. The van der Waals surface area contributed by atoms with Crippen LogP contribution in [0.25, 0.3) is 21.9 Å². The summed E-state index contributed by atoms with van der Waals surface area (Å²) in [6.07, 6.45) is 3.64. The Morgan fingerprint density at radius 3 is 2.39 bits per heavy atom. The SMILES string of the molecule is CC(=O)c1ccc(Sc2ccncc2-c2ccc(C#N)c3ccccc23)cc1. The quantitative estimate of drug-likeness (QED) is 0.400. The highest BCUT2D eigenvalue weighted by Crippen LogP contribution is 2.38. The number of carbonyl (C=O) groups excluding carboxylic acids is 1. The van der Waals surface area contributed by atoms with Gasteiger partial charge in [0.25, 0.3) is 0 Å². The number of ketones is 1. The van der Waals surface area contributed by atoms with Crippen LogP contribution in [0.3, 0.4) is 0 Å². The summed E-state index contributed by atoms with van der Waals surface area (Å²) in [7, 11) is 0. The van der Waals surface area contributed by atoms with E-state index in [4.69, 9.17) is 0 Å². The molecule has 0 spiro atoms. The Balaban J connectivity index is 1.80. The number of pyridine rings is 1. The Hall–Kier alpha value is -3.42. The minimum atomic E-state index is 0.0604. The van der Waals surface area contributed by atoms with Crippen LogP contribution in [0.2, 0.25) is 0 Å². The summed E-state index contributed by atoms with van der Waals surface area (Å²) < 4.78 is 0. The van der Waals surface area contributed by atoms with Crippen molar-refractivity contribution in [2.24, 2.45) is 0 Å². The van der Waals surface area contributed by atoms with Gasteiger partial charge in [0.15, 0.2) is 5.78 Å². The molecule has 3 aromatic carbocycles. The smallest absolute Gasteiger partial charge is 0.159 e. The first kappa shape index (κ1) is 18.0. The van der Waals surface area contributed by atoms with Crippen LogP contribution < -0.4 is 0 Å². The van der Waals surface area contributed by atoms with Crippen LogP contribution >= 0.6 is 11.8 Å². The number of nitriles is 1. The molecule has 28 heavy (non-hydrogen) atoms. The van der Waals surface area contributed by atoms with E-state index in [-0.39, 0.29) is 5.78 Å². The average Bonchev–Trinajstić information content (AvgIpc) is 2.74. The van der Waals surface area contributed by atoms with Gasteiger partial charge in [-0.25, -0.2) is 0 Å². The fourth-order valence-corrected chi connectivity index (χ4v) is 4.12. The van der Waals surface area contributed by atoms with Gasteiger partial charge in [-0.3, -0.25) is 9.78 Å².